The number of amides is 1. The van der Waals surface area contributed by atoms with E-state index in [1.807, 2.05) is 38.2 Å². The Morgan fingerprint density at radius 2 is 2.06 bits per heavy atom. The smallest absolute Gasteiger partial charge is 0.251 e. The monoisotopic (exact) mass is 566 g/mol. The average molecular weight is 566 g/mol. The van der Waals surface area contributed by atoms with E-state index in [0.29, 0.717) is 36.9 Å². The Kier molecular flexibility index (Phi) is 9.92. The van der Waals surface area contributed by atoms with Crippen molar-refractivity contribution in [2.24, 2.45) is 12.0 Å². The number of guanidine groups is 1. The van der Waals surface area contributed by atoms with Gasteiger partial charge in [0.2, 0.25) is 0 Å². The number of nitrogens with zero attached hydrogens (tertiary/aromatic N) is 3. The van der Waals surface area contributed by atoms with Crippen molar-refractivity contribution in [1.82, 2.24) is 25.7 Å². The summed E-state index contributed by atoms with van der Waals surface area (Å²) in [6, 6.07) is 10.9. The Labute approximate surface area is 210 Å². The summed E-state index contributed by atoms with van der Waals surface area (Å²) in [6.07, 6.45) is 5.01. The van der Waals surface area contributed by atoms with E-state index in [9.17, 15) is 9.90 Å². The van der Waals surface area contributed by atoms with E-state index in [-0.39, 0.29) is 36.4 Å². The van der Waals surface area contributed by atoms with Gasteiger partial charge in [0.25, 0.3) is 5.91 Å². The fourth-order valence-electron chi connectivity index (χ4n) is 3.06. The van der Waals surface area contributed by atoms with Crippen molar-refractivity contribution in [3.8, 4) is 0 Å². The van der Waals surface area contributed by atoms with Gasteiger partial charge in [0.1, 0.15) is 11.4 Å². The number of carbonyl (C=O) groups excluding carboxylic acids is 1. The van der Waals surface area contributed by atoms with E-state index < -0.39 is 5.60 Å². The van der Waals surface area contributed by atoms with Crippen LogP contribution < -0.4 is 16.0 Å². The molecule has 3 rings (SSSR count). The van der Waals surface area contributed by atoms with Crippen LogP contribution in [0.25, 0.3) is 0 Å². The first-order valence-electron chi connectivity index (χ1n) is 10.5. The molecule has 4 N–H and O–H groups in total. The zero-order chi connectivity index (χ0) is 23.0. The molecular formula is C23H31IN6O3. The highest BCUT2D eigenvalue weighted by atomic mass is 127. The van der Waals surface area contributed by atoms with Gasteiger partial charge in [0.05, 0.1) is 32.1 Å². The Hall–Kier alpha value is -2.86. The highest BCUT2D eigenvalue weighted by Crippen LogP contribution is 2.18. The molecule has 3 aromatic rings. The molecule has 178 valence electrons. The lowest BCUT2D eigenvalue weighted by atomic mass is 10.00. The molecule has 0 spiro atoms. The molecule has 0 aliphatic carbocycles. The number of aliphatic hydroxyl groups is 1. The van der Waals surface area contributed by atoms with Crippen LogP contribution >= 0.6 is 24.0 Å². The third-order valence-corrected chi connectivity index (χ3v) is 4.88. The third-order valence-electron chi connectivity index (χ3n) is 4.88. The lowest BCUT2D eigenvalue weighted by molar-refractivity contribution is 0.0616. The first-order valence-corrected chi connectivity index (χ1v) is 10.5. The SMILES string of the molecule is CCNC(=NCc1cccc(C(=O)NCc2ccco2)c1)NCC(C)(O)c1cnn(C)c1.I. The number of hydrogen-bond acceptors (Lipinski definition) is 5. The minimum Gasteiger partial charge on any atom is -0.467 e. The van der Waals surface area contributed by atoms with Crippen LogP contribution in [0.2, 0.25) is 0 Å². The van der Waals surface area contributed by atoms with Gasteiger partial charge in [0, 0.05) is 30.9 Å². The van der Waals surface area contributed by atoms with Gasteiger partial charge in [-0.3, -0.25) is 9.48 Å². The molecule has 2 heterocycles. The van der Waals surface area contributed by atoms with E-state index in [0.717, 1.165) is 11.1 Å². The highest BCUT2D eigenvalue weighted by molar-refractivity contribution is 14.0. The fourth-order valence-corrected chi connectivity index (χ4v) is 3.06. The Morgan fingerprint density at radius 1 is 1.24 bits per heavy atom. The van der Waals surface area contributed by atoms with E-state index in [4.69, 9.17) is 4.42 Å². The molecule has 0 saturated heterocycles. The normalized spacial score (nSPS) is 13.0. The molecule has 0 aliphatic rings. The number of hydrogen-bond donors (Lipinski definition) is 4. The Bertz CT molecular complexity index is 1050. The lowest BCUT2D eigenvalue weighted by Gasteiger charge is -2.23. The van der Waals surface area contributed by atoms with Gasteiger partial charge in [-0.15, -0.1) is 24.0 Å². The van der Waals surface area contributed by atoms with E-state index in [2.05, 4.69) is 26.0 Å². The molecule has 1 amide bonds. The van der Waals surface area contributed by atoms with Crippen LogP contribution in [0.5, 0.6) is 0 Å². The molecule has 0 radical (unpaired) electrons. The number of carbonyl (C=O) groups is 1. The summed E-state index contributed by atoms with van der Waals surface area (Å²) in [7, 11) is 1.81. The molecule has 0 saturated carbocycles. The van der Waals surface area contributed by atoms with Gasteiger partial charge in [0.15, 0.2) is 5.96 Å². The molecule has 2 aromatic heterocycles. The first-order chi connectivity index (χ1) is 15.4. The number of rotatable bonds is 9. The van der Waals surface area contributed by atoms with Gasteiger partial charge >= 0.3 is 0 Å². The van der Waals surface area contributed by atoms with Gasteiger partial charge in [-0.2, -0.15) is 5.10 Å². The predicted octanol–water partition coefficient (Wildman–Crippen LogP) is 2.52. The Balaban J connectivity index is 0.00000385. The largest absolute Gasteiger partial charge is 0.467 e. The molecule has 0 bridgehead atoms. The molecule has 0 fully saturated rings. The van der Waals surface area contributed by atoms with Crippen molar-refractivity contribution in [2.75, 3.05) is 13.1 Å². The summed E-state index contributed by atoms with van der Waals surface area (Å²) in [5.41, 5.74) is 1.07. The van der Waals surface area contributed by atoms with Gasteiger partial charge in [-0.25, -0.2) is 4.99 Å². The lowest BCUT2D eigenvalue weighted by Crippen LogP contribution is -2.44. The first kappa shape index (κ1) is 26.4. The minimum atomic E-state index is -1.10. The quantitative estimate of drug-likeness (QED) is 0.180. The van der Waals surface area contributed by atoms with Crippen molar-refractivity contribution < 1.29 is 14.3 Å². The second kappa shape index (κ2) is 12.4. The number of nitrogens with one attached hydrogen (secondary N) is 3. The summed E-state index contributed by atoms with van der Waals surface area (Å²) in [6.45, 7) is 5.35. The topological polar surface area (TPSA) is 117 Å². The number of furan rings is 1. The maximum atomic E-state index is 12.4. The summed E-state index contributed by atoms with van der Waals surface area (Å²) in [5, 5.41) is 24.1. The molecule has 1 aromatic carbocycles. The second-order valence-corrected chi connectivity index (χ2v) is 7.69. The van der Waals surface area contributed by atoms with Crippen LogP contribution in [0.4, 0.5) is 0 Å². The standard InChI is InChI=1S/C23H30N6O3.HI/c1-4-24-22(27-16-23(2,31)19-13-28-29(3)15-19)26-12-17-7-5-8-18(11-17)21(30)25-14-20-9-6-10-32-20;/h5-11,13,15,31H,4,12,14,16H2,1-3H3,(H,25,30)(H2,24,26,27);1H. The number of aromatic nitrogens is 2. The van der Waals surface area contributed by atoms with Crippen LogP contribution in [0.1, 0.15) is 41.1 Å². The fraction of sp³-hybridized carbons (Fsp3) is 0.348. The summed E-state index contributed by atoms with van der Waals surface area (Å²) in [4.78, 5) is 17.0. The van der Waals surface area contributed by atoms with E-state index in [1.54, 1.807) is 42.4 Å². The zero-order valence-electron chi connectivity index (χ0n) is 19.0. The van der Waals surface area contributed by atoms with Gasteiger partial charge in [-0.05, 0) is 43.7 Å². The van der Waals surface area contributed by atoms with Crippen molar-refractivity contribution in [1.29, 1.82) is 0 Å². The van der Waals surface area contributed by atoms with Crippen molar-refractivity contribution >= 4 is 35.8 Å². The maximum Gasteiger partial charge on any atom is 0.251 e. The predicted molar refractivity (Wildman–Crippen MR) is 137 cm³/mol. The van der Waals surface area contributed by atoms with Crippen molar-refractivity contribution in [3.63, 3.8) is 0 Å². The highest BCUT2D eigenvalue weighted by Gasteiger charge is 2.25. The van der Waals surface area contributed by atoms with Crippen LogP contribution in [0.15, 0.2) is 64.5 Å². The van der Waals surface area contributed by atoms with E-state index >= 15 is 0 Å². The second-order valence-electron chi connectivity index (χ2n) is 7.69. The summed E-state index contributed by atoms with van der Waals surface area (Å²) < 4.78 is 6.89. The molecular weight excluding hydrogens is 535 g/mol. The summed E-state index contributed by atoms with van der Waals surface area (Å²) >= 11 is 0. The van der Waals surface area contributed by atoms with Gasteiger partial charge < -0.3 is 25.5 Å². The third kappa shape index (κ3) is 7.90. The van der Waals surface area contributed by atoms with Gasteiger partial charge in [-0.1, -0.05) is 12.1 Å². The molecule has 1 atom stereocenters. The average Bonchev–Trinajstić information content (AvgIpc) is 3.46. The van der Waals surface area contributed by atoms with Crippen LogP contribution in [0.3, 0.4) is 0 Å². The molecule has 10 heteroatoms. The van der Waals surface area contributed by atoms with Crippen LogP contribution in [-0.4, -0.2) is 39.8 Å². The van der Waals surface area contributed by atoms with E-state index in [1.165, 1.54) is 0 Å². The van der Waals surface area contributed by atoms with Crippen molar-refractivity contribution in [3.05, 3.63) is 77.5 Å². The van der Waals surface area contributed by atoms with Crippen LogP contribution in [0, 0.1) is 0 Å². The summed E-state index contributed by atoms with van der Waals surface area (Å²) in [5.74, 6) is 1.09. The number of aliphatic imine (C=N–C) groups is 1. The number of benzene rings is 1. The molecule has 9 nitrogen and oxygen atoms in total. The van der Waals surface area contributed by atoms with Crippen LogP contribution in [-0.2, 0) is 25.7 Å². The minimum absolute atomic E-state index is 0. The number of aryl methyl sites for hydroxylation is 1. The molecule has 0 aliphatic heterocycles. The Morgan fingerprint density at radius 3 is 2.73 bits per heavy atom. The maximum absolute atomic E-state index is 12.4. The number of halogens is 1. The molecule has 33 heavy (non-hydrogen) atoms. The van der Waals surface area contributed by atoms with Crippen molar-refractivity contribution in [2.45, 2.75) is 32.5 Å². The zero-order valence-corrected chi connectivity index (χ0v) is 21.4. The molecule has 1 unspecified atom stereocenters.